The lowest BCUT2D eigenvalue weighted by atomic mass is 10.1. The minimum absolute atomic E-state index is 0.0471. The lowest BCUT2D eigenvalue weighted by Crippen LogP contribution is -2.25. The summed E-state index contributed by atoms with van der Waals surface area (Å²) in [7, 11) is 0. The van der Waals surface area contributed by atoms with Crippen molar-refractivity contribution in [1.29, 1.82) is 0 Å². The fourth-order valence-electron chi connectivity index (χ4n) is 1.01. The molecule has 0 fully saturated rings. The van der Waals surface area contributed by atoms with Gasteiger partial charge in [0.05, 0.1) is 11.9 Å². The summed E-state index contributed by atoms with van der Waals surface area (Å²) in [4.78, 5) is 31.1. The van der Waals surface area contributed by atoms with Crippen LogP contribution in [0.4, 0.5) is 5.69 Å². The van der Waals surface area contributed by atoms with Crippen molar-refractivity contribution in [2.75, 3.05) is 5.32 Å². The van der Waals surface area contributed by atoms with Gasteiger partial charge in [-0.05, 0) is 29.3 Å². The molecule has 0 spiro atoms. The number of benzene rings is 1. The number of amides is 1. The number of carbonyl (C=O) groups excluding carboxylic acids is 3. The molecule has 1 rings (SSSR count). The van der Waals surface area contributed by atoms with Crippen LogP contribution in [-0.4, -0.2) is 18.3 Å². The summed E-state index contributed by atoms with van der Waals surface area (Å²) in [5, 5.41) is 23.1. The summed E-state index contributed by atoms with van der Waals surface area (Å²) in [6.07, 6.45) is 0.299. The molecular weight excluding hydrogens is 202 g/mol. The number of anilines is 1. The molecule has 0 saturated heterocycles. The van der Waals surface area contributed by atoms with Gasteiger partial charge >= 0.3 is 0 Å². The van der Waals surface area contributed by atoms with Gasteiger partial charge in [-0.3, -0.25) is 4.79 Å². The number of rotatable bonds is 4. The summed E-state index contributed by atoms with van der Waals surface area (Å²) in [5.74, 6) is -3.07. The maximum absolute atomic E-state index is 10.5. The number of carboxylic acid groups (broad SMARTS) is 2. The molecule has 1 amide bonds. The highest BCUT2D eigenvalue weighted by Gasteiger charge is 2.02. The molecule has 0 aliphatic carbocycles. The van der Waals surface area contributed by atoms with E-state index in [2.05, 4.69) is 5.32 Å². The van der Waals surface area contributed by atoms with E-state index in [9.17, 15) is 24.6 Å². The molecule has 0 bridgehead atoms. The maximum Gasteiger partial charge on any atom is 0.211 e. The summed E-state index contributed by atoms with van der Waals surface area (Å²) in [6.45, 7) is 0. The molecule has 0 aromatic heterocycles. The topological polar surface area (TPSA) is 109 Å². The maximum atomic E-state index is 10.5. The number of carboxylic acids is 2. The van der Waals surface area contributed by atoms with Crippen LogP contribution in [0.2, 0.25) is 0 Å². The number of carbonyl (C=O) groups is 3. The van der Waals surface area contributed by atoms with Gasteiger partial charge in [-0.25, -0.2) is 0 Å². The average Bonchev–Trinajstić information content (AvgIpc) is 2.17. The Morgan fingerprint density at radius 1 is 1.07 bits per heavy atom. The van der Waals surface area contributed by atoms with Gasteiger partial charge in [0, 0.05) is 5.69 Å². The third-order valence-corrected chi connectivity index (χ3v) is 1.63. The zero-order valence-electron chi connectivity index (χ0n) is 7.35. The Morgan fingerprint density at radius 2 is 1.53 bits per heavy atom. The van der Waals surface area contributed by atoms with E-state index >= 15 is 0 Å². The molecule has 0 radical (unpaired) electrons. The van der Waals surface area contributed by atoms with Crippen molar-refractivity contribution in [3.05, 3.63) is 29.3 Å². The molecule has 0 atom stereocenters. The first kappa shape index (κ1) is 10.7. The van der Waals surface area contributed by atoms with Gasteiger partial charge in [-0.1, -0.05) is 0 Å². The fourth-order valence-corrected chi connectivity index (χ4v) is 1.01. The molecule has 0 unspecified atom stereocenters. The van der Waals surface area contributed by atoms with Crippen molar-refractivity contribution in [3.8, 4) is 0 Å². The Bertz CT molecular complexity index is 394. The van der Waals surface area contributed by atoms with Gasteiger partial charge < -0.3 is 25.1 Å². The van der Waals surface area contributed by atoms with Crippen LogP contribution in [0.1, 0.15) is 20.7 Å². The van der Waals surface area contributed by atoms with Crippen molar-refractivity contribution in [3.63, 3.8) is 0 Å². The van der Waals surface area contributed by atoms with Crippen LogP contribution in [0.15, 0.2) is 18.2 Å². The molecule has 78 valence electrons. The van der Waals surface area contributed by atoms with Crippen LogP contribution in [0.3, 0.4) is 0 Å². The van der Waals surface area contributed by atoms with E-state index in [4.69, 9.17) is 0 Å². The van der Waals surface area contributed by atoms with Gasteiger partial charge in [0.15, 0.2) is 0 Å². The molecular formula is C9H5NO5-2. The van der Waals surface area contributed by atoms with Gasteiger partial charge in [-0.15, -0.1) is 0 Å². The van der Waals surface area contributed by atoms with Gasteiger partial charge in [-0.2, -0.15) is 0 Å². The molecule has 1 N–H and O–H groups in total. The van der Waals surface area contributed by atoms with Crippen LogP contribution in [0.5, 0.6) is 0 Å². The van der Waals surface area contributed by atoms with Gasteiger partial charge in [0.25, 0.3) is 0 Å². The lowest BCUT2D eigenvalue weighted by Gasteiger charge is -2.10. The van der Waals surface area contributed by atoms with Crippen LogP contribution in [-0.2, 0) is 4.79 Å². The van der Waals surface area contributed by atoms with Crippen LogP contribution >= 0.6 is 0 Å². The van der Waals surface area contributed by atoms with E-state index in [-0.39, 0.29) is 16.8 Å². The van der Waals surface area contributed by atoms with Crippen molar-refractivity contribution in [2.45, 2.75) is 0 Å². The zero-order valence-corrected chi connectivity index (χ0v) is 7.35. The summed E-state index contributed by atoms with van der Waals surface area (Å²) < 4.78 is 0. The van der Waals surface area contributed by atoms with Gasteiger partial charge in [0.1, 0.15) is 0 Å². The molecule has 1 aromatic rings. The van der Waals surface area contributed by atoms with E-state index in [0.717, 1.165) is 18.2 Å². The van der Waals surface area contributed by atoms with Crippen LogP contribution in [0, 0.1) is 0 Å². The van der Waals surface area contributed by atoms with Crippen molar-refractivity contribution in [1.82, 2.24) is 0 Å². The summed E-state index contributed by atoms with van der Waals surface area (Å²) in [5.41, 5.74) is -0.645. The first-order valence-corrected chi connectivity index (χ1v) is 3.82. The second kappa shape index (κ2) is 4.23. The van der Waals surface area contributed by atoms with E-state index in [1.165, 1.54) is 0 Å². The molecule has 0 saturated carbocycles. The van der Waals surface area contributed by atoms with Crippen molar-refractivity contribution in [2.24, 2.45) is 0 Å². The van der Waals surface area contributed by atoms with E-state index < -0.39 is 11.9 Å². The Labute approximate surface area is 84.1 Å². The first-order valence-electron chi connectivity index (χ1n) is 3.82. The SMILES string of the molecule is O=CNc1cc(C(=O)[O-])cc(C(=O)[O-])c1. The second-order valence-corrected chi connectivity index (χ2v) is 2.64. The largest absolute Gasteiger partial charge is 0.545 e. The fraction of sp³-hybridized carbons (Fsp3) is 0. The molecule has 0 heterocycles. The standard InChI is InChI=1S/C9H7NO5/c11-4-10-7-2-5(8(12)13)1-6(3-7)9(14)15/h1-4H,(H,10,11)(H,12,13)(H,14,15)/p-2. The number of hydrogen-bond donors (Lipinski definition) is 1. The van der Waals surface area contributed by atoms with E-state index in [0.29, 0.717) is 6.41 Å². The smallest absolute Gasteiger partial charge is 0.211 e. The van der Waals surface area contributed by atoms with Crippen LogP contribution in [0.25, 0.3) is 0 Å². The molecule has 1 aromatic carbocycles. The summed E-state index contributed by atoms with van der Waals surface area (Å²) in [6, 6.07) is 3.05. The molecule has 15 heavy (non-hydrogen) atoms. The van der Waals surface area contributed by atoms with Crippen molar-refractivity contribution >= 4 is 24.0 Å². The monoisotopic (exact) mass is 207 g/mol. The average molecular weight is 207 g/mol. The molecule has 6 heteroatoms. The number of nitrogens with one attached hydrogen (secondary N) is 1. The Kier molecular flexibility index (Phi) is 3.02. The number of aromatic carboxylic acids is 2. The third-order valence-electron chi connectivity index (χ3n) is 1.63. The highest BCUT2D eigenvalue weighted by molar-refractivity contribution is 5.94. The van der Waals surface area contributed by atoms with Gasteiger partial charge in [0.2, 0.25) is 6.41 Å². The van der Waals surface area contributed by atoms with E-state index in [1.54, 1.807) is 0 Å². The zero-order chi connectivity index (χ0) is 11.4. The normalized spacial score (nSPS) is 9.33. The predicted octanol–water partition coefficient (Wildman–Crippen LogP) is -2.02. The summed E-state index contributed by atoms with van der Waals surface area (Å²) >= 11 is 0. The minimum Gasteiger partial charge on any atom is -0.545 e. The minimum atomic E-state index is -1.54. The highest BCUT2D eigenvalue weighted by atomic mass is 16.4. The molecule has 0 aliphatic heterocycles. The number of hydrogen-bond acceptors (Lipinski definition) is 5. The molecule has 6 nitrogen and oxygen atoms in total. The Balaban J connectivity index is 3.25. The highest BCUT2D eigenvalue weighted by Crippen LogP contribution is 2.13. The van der Waals surface area contributed by atoms with Crippen LogP contribution < -0.4 is 15.5 Å². The quantitative estimate of drug-likeness (QED) is 0.573. The third kappa shape index (κ3) is 2.53. The Hall–Kier alpha value is -2.37. The van der Waals surface area contributed by atoms with E-state index in [1.807, 2.05) is 0 Å². The lowest BCUT2D eigenvalue weighted by molar-refractivity contribution is -0.255. The second-order valence-electron chi connectivity index (χ2n) is 2.64. The van der Waals surface area contributed by atoms with Crippen molar-refractivity contribution < 1.29 is 24.6 Å². The predicted molar refractivity (Wildman–Crippen MR) is 44.8 cm³/mol. The first-order chi connectivity index (χ1) is 7.04. The molecule has 0 aliphatic rings. The Morgan fingerprint density at radius 3 is 1.87 bits per heavy atom.